The number of hydrogen-bond acceptors (Lipinski definition) is 11. The molecule has 1 aliphatic heterocycles. The summed E-state index contributed by atoms with van der Waals surface area (Å²) in [6, 6.07) is 52.6. The molecule has 1 fully saturated rings. The van der Waals surface area contributed by atoms with Gasteiger partial charge in [-0.3, -0.25) is 14.5 Å². The van der Waals surface area contributed by atoms with Crippen molar-refractivity contribution < 1.29 is 52.3 Å². The van der Waals surface area contributed by atoms with Crippen molar-refractivity contribution in [2.45, 2.75) is 102 Å². The second-order valence-corrected chi connectivity index (χ2v) is 18.5. The molecule has 1 aliphatic carbocycles. The highest BCUT2D eigenvalue weighted by Crippen LogP contribution is 2.44. The maximum Gasteiger partial charge on any atom is 0.407 e. The quantitative estimate of drug-likeness (QED) is 0.0544. The lowest BCUT2D eigenvalue weighted by Crippen LogP contribution is -2.66. The van der Waals surface area contributed by atoms with E-state index >= 15 is 0 Å². The molecule has 0 saturated carbocycles. The molecule has 8 rings (SSSR count). The number of amides is 3. The molecule has 2 aliphatic rings. The fraction of sp³-hybridized carbons (Fsp3) is 0.310. The van der Waals surface area contributed by atoms with Gasteiger partial charge in [0.1, 0.15) is 42.7 Å². The lowest BCUT2D eigenvalue weighted by molar-refractivity contribution is -0.292. The summed E-state index contributed by atoms with van der Waals surface area (Å²) in [7, 11) is 0. The molecule has 6 aromatic carbocycles. The summed E-state index contributed by atoms with van der Waals surface area (Å²) in [5.74, 6) is -2.04. The molecule has 71 heavy (non-hydrogen) atoms. The molecule has 3 amide bonds. The Labute approximate surface area is 414 Å². The van der Waals surface area contributed by atoms with Gasteiger partial charge in [0.05, 0.1) is 39.5 Å². The number of rotatable bonds is 21. The van der Waals surface area contributed by atoms with E-state index in [9.17, 15) is 19.2 Å². The van der Waals surface area contributed by atoms with E-state index in [1.807, 2.05) is 170 Å². The Morgan fingerprint density at radius 3 is 1.54 bits per heavy atom. The van der Waals surface area contributed by atoms with Crippen LogP contribution in [0.5, 0.6) is 0 Å². The van der Waals surface area contributed by atoms with Crippen molar-refractivity contribution in [2.24, 2.45) is 0 Å². The van der Waals surface area contributed by atoms with Crippen LogP contribution in [0.4, 0.5) is 4.79 Å². The Morgan fingerprint density at radius 1 is 0.592 bits per heavy atom. The minimum atomic E-state index is -1.58. The molecule has 1 N–H and O–H groups in total. The zero-order valence-electron chi connectivity index (χ0n) is 40.2. The number of ether oxygens (including phenoxy) is 7. The molecular formula is C58H60N2O11. The van der Waals surface area contributed by atoms with Crippen LogP contribution in [0.1, 0.15) is 66.5 Å². The summed E-state index contributed by atoms with van der Waals surface area (Å²) in [6.45, 7) is 5.50. The molecule has 13 heteroatoms. The third-order valence-electron chi connectivity index (χ3n) is 12.2. The van der Waals surface area contributed by atoms with E-state index in [0.29, 0.717) is 6.41 Å². The van der Waals surface area contributed by atoms with Crippen LogP contribution in [0, 0.1) is 0 Å². The van der Waals surface area contributed by atoms with Crippen LogP contribution in [-0.4, -0.2) is 84.8 Å². The standard InChI is InChI=1S/C58H60N2O11/c1-58(2,3)71-56(63)49(59-57(64)69-37-48-46-30-18-16-28-44(46)45-29-17-19-31-47(45)48)32-51(62)60(39-61)55-54(68-36-43-26-14-7-15-27-43)53(67-35-42-24-12-6-13-25-42)52(66-34-41-22-10-5-11-23-41)50(70-55)38-65-33-40-20-8-4-9-21-40/h4-31,39,48-50,52-55H,32-38H2,1-3H3,(H,59,64)/t49-,50+,52-,53-,54+,55-/m0/s1. The van der Waals surface area contributed by atoms with Crippen molar-refractivity contribution in [3.63, 3.8) is 0 Å². The average molecular weight is 961 g/mol. The van der Waals surface area contributed by atoms with Crippen LogP contribution >= 0.6 is 0 Å². The third-order valence-corrected chi connectivity index (χ3v) is 12.2. The van der Waals surface area contributed by atoms with Gasteiger partial charge in [-0.05, 0) is 65.3 Å². The first-order valence-electron chi connectivity index (χ1n) is 23.9. The summed E-state index contributed by atoms with van der Waals surface area (Å²) >= 11 is 0. The van der Waals surface area contributed by atoms with E-state index in [0.717, 1.165) is 49.4 Å². The van der Waals surface area contributed by atoms with Crippen molar-refractivity contribution in [1.29, 1.82) is 0 Å². The van der Waals surface area contributed by atoms with Gasteiger partial charge in [0.25, 0.3) is 0 Å². The molecule has 1 saturated heterocycles. The number of alkyl carbamates (subject to hydrolysis) is 1. The van der Waals surface area contributed by atoms with E-state index in [4.69, 9.17) is 33.2 Å². The van der Waals surface area contributed by atoms with Crippen molar-refractivity contribution in [2.75, 3.05) is 13.2 Å². The van der Waals surface area contributed by atoms with Crippen molar-refractivity contribution in [1.82, 2.24) is 10.2 Å². The maximum absolute atomic E-state index is 14.8. The predicted molar refractivity (Wildman–Crippen MR) is 265 cm³/mol. The fourth-order valence-electron chi connectivity index (χ4n) is 8.88. The lowest BCUT2D eigenvalue weighted by atomic mass is 9.96. The first-order valence-corrected chi connectivity index (χ1v) is 23.9. The minimum Gasteiger partial charge on any atom is -0.458 e. The van der Waals surface area contributed by atoms with Gasteiger partial charge in [-0.1, -0.05) is 170 Å². The molecule has 6 aromatic rings. The number of fused-ring (bicyclic) bond motifs is 3. The summed E-state index contributed by atoms with van der Waals surface area (Å²) < 4.78 is 45.0. The average Bonchev–Trinajstić information content (AvgIpc) is 3.70. The Morgan fingerprint density at radius 2 is 1.04 bits per heavy atom. The Hall–Kier alpha value is -7.00. The number of nitrogens with zero attached hydrogens (tertiary/aromatic N) is 1. The van der Waals surface area contributed by atoms with E-state index in [2.05, 4.69) is 5.32 Å². The first kappa shape index (κ1) is 50.4. The number of esters is 1. The third kappa shape index (κ3) is 13.5. The Bertz CT molecular complexity index is 2620. The van der Waals surface area contributed by atoms with Gasteiger partial charge in [-0.25, -0.2) is 9.59 Å². The topological polar surface area (TPSA) is 148 Å². The number of nitrogens with one attached hydrogen (secondary N) is 1. The van der Waals surface area contributed by atoms with Gasteiger partial charge in [-0.15, -0.1) is 0 Å². The van der Waals surface area contributed by atoms with Gasteiger partial charge in [0, 0.05) is 5.92 Å². The van der Waals surface area contributed by atoms with Crippen LogP contribution in [0.2, 0.25) is 0 Å². The molecule has 0 bridgehead atoms. The minimum absolute atomic E-state index is 0.0355. The second kappa shape index (κ2) is 24.2. The molecule has 1 heterocycles. The number of benzene rings is 6. The SMILES string of the molecule is CC(C)(C)OC(=O)[C@H](CC(=O)N(C=O)[C@H]1O[C@H](COCc2ccccc2)[C@H](OCc2ccccc2)[C@H](OCc2ccccc2)[C@H]1OCc1ccccc1)NC(=O)OCC1c2ccccc2-c2ccccc21. The fourth-order valence-corrected chi connectivity index (χ4v) is 8.88. The number of carbonyl (C=O) groups is 4. The van der Waals surface area contributed by atoms with Gasteiger partial charge >= 0.3 is 12.1 Å². The molecule has 13 nitrogen and oxygen atoms in total. The summed E-state index contributed by atoms with van der Waals surface area (Å²) in [5.41, 5.74) is 6.58. The molecule has 0 aromatic heterocycles. The van der Waals surface area contributed by atoms with Gasteiger partial charge in [-0.2, -0.15) is 0 Å². The largest absolute Gasteiger partial charge is 0.458 e. The van der Waals surface area contributed by atoms with Crippen molar-refractivity contribution in [3.8, 4) is 11.1 Å². The van der Waals surface area contributed by atoms with Gasteiger partial charge in [0.15, 0.2) is 6.23 Å². The molecule has 0 radical (unpaired) electrons. The van der Waals surface area contributed by atoms with Crippen LogP contribution in [0.15, 0.2) is 170 Å². The molecule has 6 atom stereocenters. The van der Waals surface area contributed by atoms with E-state index in [-0.39, 0.29) is 45.6 Å². The Balaban J connectivity index is 1.09. The lowest BCUT2D eigenvalue weighted by Gasteiger charge is -2.48. The van der Waals surface area contributed by atoms with Crippen LogP contribution in [0.3, 0.4) is 0 Å². The van der Waals surface area contributed by atoms with E-state index in [1.165, 1.54) is 0 Å². The zero-order chi connectivity index (χ0) is 49.6. The molecule has 368 valence electrons. The zero-order valence-corrected chi connectivity index (χ0v) is 40.2. The summed E-state index contributed by atoms with van der Waals surface area (Å²) in [4.78, 5) is 56.9. The Kier molecular flexibility index (Phi) is 17.2. The smallest absolute Gasteiger partial charge is 0.407 e. The molecular weight excluding hydrogens is 901 g/mol. The number of imide groups is 1. The van der Waals surface area contributed by atoms with Crippen molar-refractivity contribution >= 4 is 24.4 Å². The molecule has 0 spiro atoms. The monoisotopic (exact) mass is 960 g/mol. The van der Waals surface area contributed by atoms with E-state index in [1.54, 1.807) is 20.8 Å². The second-order valence-electron chi connectivity index (χ2n) is 18.5. The highest BCUT2D eigenvalue weighted by molar-refractivity contribution is 5.92. The number of hydrogen-bond donors (Lipinski definition) is 1. The van der Waals surface area contributed by atoms with Gasteiger partial charge < -0.3 is 38.5 Å². The normalized spacial score (nSPS) is 18.9. The maximum atomic E-state index is 14.8. The highest BCUT2D eigenvalue weighted by atomic mass is 16.6. The van der Waals surface area contributed by atoms with Crippen molar-refractivity contribution in [3.05, 3.63) is 203 Å². The van der Waals surface area contributed by atoms with Crippen LogP contribution < -0.4 is 5.32 Å². The van der Waals surface area contributed by atoms with Crippen LogP contribution in [0.25, 0.3) is 11.1 Å². The van der Waals surface area contributed by atoms with Crippen LogP contribution in [-0.2, 0) is 74.0 Å². The molecule has 0 unspecified atom stereocenters. The summed E-state index contributed by atoms with van der Waals surface area (Å²) in [6.07, 6.45) is -6.68. The number of carbonyl (C=O) groups excluding carboxylic acids is 4. The van der Waals surface area contributed by atoms with Gasteiger partial charge in [0.2, 0.25) is 12.3 Å². The highest BCUT2D eigenvalue weighted by Gasteiger charge is 2.52. The van der Waals surface area contributed by atoms with E-state index < -0.39 is 66.7 Å². The predicted octanol–water partition coefficient (Wildman–Crippen LogP) is 9.31. The summed E-state index contributed by atoms with van der Waals surface area (Å²) in [5, 5.41) is 2.58. The first-order chi connectivity index (χ1) is 34.5.